The monoisotopic (exact) mass is 567 g/mol. The van der Waals surface area contributed by atoms with Gasteiger partial charge in [0.1, 0.15) is 5.75 Å². The molecular formula is C28H30FN5O3S2. The normalized spacial score (nSPS) is 15.8. The first-order valence-corrected chi connectivity index (χ1v) is 15.1. The minimum absolute atomic E-state index is 0.167. The van der Waals surface area contributed by atoms with E-state index in [4.69, 9.17) is 4.74 Å². The van der Waals surface area contributed by atoms with Crippen LogP contribution in [0.5, 0.6) is 11.5 Å². The minimum atomic E-state index is -0.669. The fourth-order valence-electron chi connectivity index (χ4n) is 4.08. The van der Waals surface area contributed by atoms with Crippen LogP contribution in [-0.2, 0) is 22.1 Å². The molecule has 2 fully saturated rings. The van der Waals surface area contributed by atoms with Crippen LogP contribution in [0.15, 0.2) is 54.9 Å². The maximum Gasteiger partial charge on any atom is 0.207 e. The molecule has 6 rings (SSSR count). The van der Waals surface area contributed by atoms with Crippen molar-refractivity contribution in [3.05, 3.63) is 66.2 Å². The van der Waals surface area contributed by atoms with Gasteiger partial charge in [0.25, 0.3) is 0 Å². The second kappa shape index (κ2) is 12.6. The van der Waals surface area contributed by atoms with Gasteiger partial charge in [0.05, 0.1) is 20.8 Å². The topological polar surface area (TPSA) is 96.4 Å². The third kappa shape index (κ3) is 7.17. The lowest BCUT2D eigenvalue weighted by atomic mass is 10.2. The second-order valence-electron chi connectivity index (χ2n) is 9.37. The van der Waals surface area contributed by atoms with E-state index >= 15 is 0 Å². The number of rotatable bonds is 8. The zero-order valence-corrected chi connectivity index (χ0v) is 23.2. The lowest BCUT2D eigenvalue weighted by molar-refractivity contribution is -0.109. The van der Waals surface area contributed by atoms with Gasteiger partial charge in [0, 0.05) is 85.2 Å². The van der Waals surface area contributed by atoms with E-state index in [0.29, 0.717) is 17.5 Å². The molecule has 2 aliphatic rings. The maximum atomic E-state index is 14.4. The molecule has 0 spiro atoms. The molecule has 0 atom stereocenters. The van der Waals surface area contributed by atoms with Gasteiger partial charge in [-0.05, 0) is 42.7 Å². The highest BCUT2D eigenvalue weighted by Gasteiger charge is 2.19. The summed E-state index contributed by atoms with van der Waals surface area (Å²) in [7, 11) is 1.07. The van der Waals surface area contributed by atoms with E-state index in [0.717, 1.165) is 63.9 Å². The molecule has 0 unspecified atom stereocenters. The number of carbonyl (C=O) groups is 1. The van der Waals surface area contributed by atoms with Crippen LogP contribution in [0.1, 0.15) is 18.4 Å². The van der Waals surface area contributed by atoms with Gasteiger partial charge in [0.15, 0.2) is 11.6 Å². The summed E-state index contributed by atoms with van der Waals surface area (Å²) in [4.78, 5) is 21.9. The fourth-order valence-corrected chi connectivity index (χ4v) is 6.25. The molecule has 39 heavy (non-hydrogen) atoms. The first-order valence-electron chi connectivity index (χ1n) is 12.8. The molecule has 1 saturated carbocycles. The lowest BCUT2D eigenvalue weighted by Gasteiger charge is -2.25. The summed E-state index contributed by atoms with van der Waals surface area (Å²) in [5, 5.41) is 5.55. The van der Waals surface area contributed by atoms with Crippen molar-refractivity contribution in [3.8, 4) is 22.1 Å². The molecule has 0 radical (unpaired) electrons. The second-order valence-corrected chi connectivity index (χ2v) is 12.1. The molecule has 8 nitrogen and oxygen atoms in total. The number of benzene rings is 1. The zero-order chi connectivity index (χ0) is 27.2. The number of thiophene rings is 1. The number of halogens is 1. The summed E-state index contributed by atoms with van der Waals surface area (Å²) in [6.45, 7) is 2.53. The van der Waals surface area contributed by atoms with E-state index in [1.54, 1.807) is 31.4 Å². The van der Waals surface area contributed by atoms with Crippen LogP contribution in [0.3, 0.4) is 0 Å². The Morgan fingerprint density at radius 1 is 1.13 bits per heavy atom. The Bertz CT molecular complexity index is 1450. The maximum absolute atomic E-state index is 14.4. The Labute approximate surface area is 233 Å². The van der Waals surface area contributed by atoms with E-state index in [1.165, 1.54) is 30.2 Å². The Balaban J connectivity index is 0.000000455. The molecule has 2 N–H and O–H groups in total. The highest BCUT2D eigenvalue weighted by molar-refractivity contribution is 7.85. The van der Waals surface area contributed by atoms with E-state index < -0.39 is 16.6 Å². The highest BCUT2D eigenvalue weighted by Crippen LogP contribution is 2.39. The predicted molar refractivity (Wildman–Crippen MR) is 154 cm³/mol. The Morgan fingerprint density at radius 3 is 2.59 bits per heavy atom. The van der Waals surface area contributed by atoms with Crippen LogP contribution in [0.25, 0.3) is 20.8 Å². The largest absolute Gasteiger partial charge is 0.453 e. The van der Waals surface area contributed by atoms with Crippen molar-refractivity contribution in [2.24, 2.45) is 0 Å². The Morgan fingerprint density at radius 2 is 1.95 bits per heavy atom. The molecule has 4 heterocycles. The van der Waals surface area contributed by atoms with E-state index in [1.807, 2.05) is 18.3 Å². The van der Waals surface area contributed by atoms with Gasteiger partial charge in [-0.2, -0.15) is 0 Å². The fraction of sp³-hybridized carbons (Fsp3) is 0.321. The molecule has 4 aromatic rings. The Kier molecular flexibility index (Phi) is 8.80. The lowest BCUT2D eigenvalue weighted by Crippen LogP contribution is -2.37. The summed E-state index contributed by atoms with van der Waals surface area (Å²) in [5.41, 5.74) is 3.46. The molecule has 1 saturated heterocycles. The van der Waals surface area contributed by atoms with Crippen LogP contribution < -0.4 is 15.4 Å². The summed E-state index contributed by atoms with van der Waals surface area (Å²) < 4.78 is 32.7. The summed E-state index contributed by atoms with van der Waals surface area (Å²) in [6, 6.07) is 13.1. The van der Waals surface area contributed by atoms with Gasteiger partial charge in [-0.15, -0.1) is 11.3 Å². The van der Waals surface area contributed by atoms with Gasteiger partial charge in [-0.3, -0.25) is 23.9 Å². The molecule has 3 aromatic heterocycles. The highest BCUT2D eigenvalue weighted by atomic mass is 32.2. The number of amides is 1. The van der Waals surface area contributed by atoms with E-state index in [9.17, 15) is 13.4 Å². The number of nitrogens with one attached hydrogen (secondary N) is 2. The number of aromatic nitrogens is 2. The van der Waals surface area contributed by atoms with Gasteiger partial charge in [-0.25, -0.2) is 4.39 Å². The molecular weight excluding hydrogens is 537 g/mol. The first-order chi connectivity index (χ1) is 19.0. The Hall–Kier alpha value is -3.41. The molecule has 0 bridgehead atoms. The molecule has 1 aromatic carbocycles. The predicted octanol–water partition coefficient (Wildman–Crippen LogP) is 4.79. The molecule has 1 amide bonds. The van der Waals surface area contributed by atoms with Crippen molar-refractivity contribution in [3.63, 3.8) is 0 Å². The van der Waals surface area contributed by atoms with Crippen molar-refractivity contribution in [1.82, 2.24) is 20.2 Å². The van der Waals surface area contributed by atoms with Crippen LogP contribution in [0.4, 0.5) is 10.1 Å². The third-order valence-electron chi connectivity index (χ3n) is 6.45. The van der Waals surface area contributed by atoms with Gasteiger partial charge in [-0.1, -0.05) is 6.07 Å². The average molecular weight is 568 g/mol. The van der Waals surface area contributed by atoms with Crippen molar-refractivity contribution in [2.45, 2.75) is 25.4 Å². The number of carbonyl (C=O) groups excluding carboxylic acids is 1. The summed E-state index contributed by atoms with van der Waals surface area (Å²) in [6.07, 6.45) is 6.68. The first kappa shape index (κ1) is 27.2. The standard InChI is InChI=1S/C24H23FN4O2S2.C4H7NO/c1-26-17-3-5-21(18(25)12-17)31-22-6-7-27-20-13-23(32-24(20)22)19-4-2-16(14-28-19)15-29-8-10-33(30)11-9-29;6-3-5-4-1-2-4/h2-7,12-14,26H,8-11,15H2,1H3;3-4H,1-2H2,(H,5,6). The van der Waals surface area contributed by atoms with Gasteiger partial charge in [0.2, 0.25) is 6.41 Å². The number of fused-ring (bicyclic) bond motifs is 1. The minimum Gasteiger partial charge on any atom is -0.453 e. The number of pyridine rings is 2. The zero-order valence-electron chi connectivity index (χ0n) is 21.6. The van der Waals surface area contributed by atoms with Crippen LogP contribution >= 0.6 is 11.3 Å². The van der Waals surface area contributed by atoms with Crippen LogP contribution in [0.2, 0.25) is 0 Å². The van der Waals surface area contributed by atoms with Crippen molar-refractivity contribution in [1.29, 1.82) is 0 Å². The molecule has 204 valence electrons. The molecule has 1 aliphatic carbocycles. The van der Waals surface area contributed by atoms with Gasteiger partial charge >= 0.3 is 0 Å². The molecule has 11 heteroatoms. The van der Waals surface area contributed by atoms with Crippen LogP contribution in [-0.4, -0.2) is 63.2 Å². The average Bonchev–Trinajstić information content (AvgIpc) is 3.66. The summed E-state index contributed by atoms with van der Waals surface area (Å²) in [5.74, 6) is 1.79. The number of nitrogens with zero attached hydrogens (tertiary/aromatic N) is 3. The van der Waals surface area contributed by atoms with Crippen molar-refractivity contribution in [2.75, 3.05) is 37.0 Å². The SMILES string of the molecule is CNc1ccc(Oc2ccnc3cc(-c4ccc(CN5CCS(=O)CC5)cn4)sc23)c(F)c1.O=CNC1CC1. The quantitative estimate of drug-likeness (QED) is 0.296. The van der Waals surface area contributed by atoms with E-state index in [-0.39, 0.29) is 5.75 Å². The molecule has 1 aliphatic heterocycles. The third-order valence-corrected chi connectivity index (χ3v) is 8.89. The van der Waals surface area contributed by atoms with Crippen LogP contribution in [0, 0.1) is 5.82 Å². The van der Waals surface area contributed by atoms with Crippen molar-refractivity contribution >= 4 is 44.5 Å². The van der Waals surface area contributed by atoms with Crippen molar-refractivity contribution < 1.29 is 18.1 Å². The number of anilines is 1. The number of hydrogen-bond acceptors (Lipinski definition) is 8. The van der Waals surface area contributed by atoms with E-state index in [2.05, 4.69) is 31.6 Å². The smallest absolute Gasteiger partial charge is 0.207 e. The van der Waals surface area contributed by atoms with Gasteiger partial charge < -0.3 is 15.4 Å². The number of ether oxygens (including phenoxy) is 1. The number of hydrogen-bond donors (Lipinski definition) is 2. The summed E-state index contributed by atoms with van der Waals surface area (Å²) >= 11 is 1.52.